The summed E-state index contributed by atoms with van der Waals surface area (Å²) >= 11 is 5.70. The summed E-state index contributed by atoms with van der Waals surface area (Å²) in [5.41, 5.74) is -0.348. The molecule has 2 heterocycles. The summed E-state index contributed by atoms with van der Waals surface area (Å²) in [6.45, 7) is 3.63. The van der Waals surface area contributed by atoms with E-state index in [1.54, 1.807) is 0 Å². The molecule has 152 valence electrons. The Labute approximate surface area is 164 Å². The molecule has 1 aromatic heterocycles. The minimum Gasteiger partial charge on any atom is -0.502 e. The van der Waals surface area contributed by atoms with Crippen LogP contribution in [0.2, 0.25) is 0 Å². The van der Waals surface area contributed by atoms with Crippen molar-refractivity contribution < 1.29 is 22.7 Å². The highest BCUT2D eigenvalue weighted by Gasteiger charge is 2.30. The van der Waals surface area contributed by atoms with E-state index < -0.39 is 22.9 Å². The molecule has 0 spiro atoms. The van der Waals surface area contributed by atoms with Gasteiger partial charge in [0.05, 0.1) is 18.0 Å². The van der Waals surface area contributed by atoms with Crippen LogP contribution in [0.5, 0.6) is 5.75 Å². The molecular formula is C19H20ClF3N2O3. The fraction of sp³-hybridized carbons (Fsp3) is 0.421. The highest BCUT2D eigenvalue weighted by Crippen LogP contribution is 2.29. The Morgan fingerprint density at radius 2 is 1.61 bits per heavy atom. The summed E-state index contributed by atoms with van der Waals surface area (Å²) in [4.78, 5) is 15.9. The first-order chi connectivity index (χ1) is 13.3. The second kappa shape index (κ2) is 8.55. The maximum atomic E-state index is 12.6. The highest BCUT2D eigenvalue weighted by atomic mass is 35.5. The standard InChI is InChI=1S/C19H20ClF3N2O3/c20-10-15-9-16(26)18(27)17(28-15)12-25-7-5-24(6-8-25)11-13-1-3-14(4-2-13)19(21,22)23/h1-4,9,27H,5-8,10-12H2. The van der Waals surface area contributed by atoms with Crippen LogP contribution in [-0.2, 0) is 25.1 Å². The van der Waals surface area contributed by atoms with Crippen molar-refractivity contribution in [2.24, 2.45) is 0 Å². The van der Waals surface area contributed by atoms with Gasteiger partial charge in [-0.3, -0.25) is 14.6 Å². The second-order valence-corrected chi connectivity index (χ2v) is 7.00. The van der Waals surface area contributed by atoms with Gasteiger partial charge in [0.2, 0.25) is 11.2 Å². The molecule has 0 amide bonds. The molecule has 1 N–H and O–H groups in total. The summed E-state index contributed by atoms with van der Waals surface area (Å²) in [6.07, 6.45) is -4.33. The van der Waals surface area contributed by atoms with Crippen LogP contribution in [0.25, 0.3) is 0 Å². The van der Waals surface area contributed by atoms with E-state index in [4.69, 9.17) is 16.0 Å². The second-order valence-electron chi connectivity index (χ2n) is 6.73. The number of nitrogens with zero attached hydrogens (tertiary/aromatic N) is 2. The lowest BCUT2D eigenvalue weighted by Crippen LogP contribution is -2.45. The van der Waals surface area contributed by atoms with Gasteiger partial charge in [0.25, 0.3) is 0 Å². The lowest BCUT2D eigenvalue weighted by Gasteiger charge is -2.34. The maximum absolute atomic E-state index is 12.6. The van der Waals surface area contributed by atoms with Crippen molar-refractivity contribution in [3.63, 3.8) is 0 Å². The van der Waals surface area contributed by atoms with Gasteiger partial charge in [0.15, 0.2) is 5.76 Å². The molecule has 0 radical (unpaired) electrons. The average molecular weight is 417 g/mol. The molecule has 28 heavy (non-hydrogen) atoms. The molecule has 1 fully saturated rings. The van der Waals surface area contributed by atoms with E-state index in [2.05, 4.69) is 4.90 Å². The molecule has 0 unspecified atom stereocenters. The number of benzene rings is 1. The van der Waals surface area contributed by atoms with Crippen molar-refractivity contribution in [3.8, 4) is 5.75 Å². The molecule has 1 aromatic carbocycles. The molecule has 0 bridgehead atoms. The van der Waals surface area contributed by atoms with Gasteiger partial charge >= 0.3 is 6.18 Å². The number of hydrogen-bond acceptors (Lipinski definition) is 5. The Morgan fingerprint density at radius 3 is 2.14 bits per heavy atom. The predicted molar refractivity (Wildman–Crippen MR) is 98.2 cm³/mol. The first-order valence-corrected chi connectivity index (χ1v) is 9.31. The quantitative estimate of drug-likeness (QED) is 0.757. The first kappa shape index (κ1) is 20.7. The van der Waals surface area contributed by atoms with Crippen LogP contribution >= 0.6 is 11.6 Å². The zero-order valence-electron chi connectivity index (χ0n) is 15.0. The molecule has 3 rings (SSSR count). The Bertz CT molecular complexity index is 860. The zero-order valence-corrected chi connectivity index (χ0v) is 15.8. The van der Waals surface area contributed by atoms with Crippen molar-refractivity contribution in [2.75, 3.05) is 26.2 Å². The fourth-order valence-electron chi connectivity index (χ4n) is 3.13. The number of alkyl halides is 4. The van der Waals surface area contributed by atoms with Gasteiger partial charge in [-0.05, 0) is 17.7 Å². The van der Waals surface area contributed by atoms with Crippen LogP contribution in [0.4, 0.5) is 13.2 Å². The van der Waals surface area contributed by atoms with Crippen LogP contribution in [0.3, 0.4) is 0 Å². The molecule has 5 nitrogen and oxygen atoms in total. The molecular weight excluding hydrogens is 397 g/mol. The van der Waals surface area contributed by atoms with E-state index >= 15 is 0 Å². The Kier molecular flexibility index (Phi) is 6.32. The third kappa shape index (κ3) is 5.06. The Morgan fingerprint density at radius 1 is 1.04 bits per heavy atom. The minimum absolute atomic E-state index is 0.0451. The zero-order chi connectivity index (χ0) is 20.3. The minimum atomic E-state index is -4.33. The van der Waals surface area contributed by atoms with Crippen molar-refractivity contribution in [2.45, 2.75) is 25.1 Å². The van der Waals surface area contributed by atoms with E-state index in [1.165, 1.54) is 18.2 Å². The van der Waals surface area contributed by atoms with Gasteiger partial charge in [-0.15, -0.1) is 11.6 Å². The van der Waals surface area contributed by atoms with Gasteiger partial charge in [0.1, 0.15) is 5.76 Å². The highest BCUT2D eigenvalue weighted by molar-refractivity contribution is 6.16. The van der Waals surface area contributed by atoms with E-state index in [1.807, 2.05) is 4.90 Å². The van der Waals surface area contributed by atoms with Crippen molar-refractivity contribution in [3.05, 3.63) is 63.2 Å². The largest absolute Gasteiger partial charge is 0.502 e. The van der Waals surface area contributed by atoms with E-state index in [9.17, 15) is 23.1 Å². The average Bonchev–Trinajstić information content (AvgIpc) is 2.66. The summed E-state index contributed by atoms with van der Waals surface area (Å²) in [5.74, 6) is 0.143. The molecule has 9 heteroatoms. The molecule has 0 atom stereocenters. The maximum Gasteiger partial charge on any atom is 0.416 e. The number of aromatic hydroxyl groups is 1. The van der Waals surface area contributed by atoms with Gasteiger partial charge < -0.3 is 9.52 Å². The van der Waals surface area contributed by atoms with Crippen LogP contribution in [0.1, 0.15) is 22.6 Å². The third-order valence-electron chi connectivity index (χ3n) is 4.70. The van der Waals surface area contributed by atoms with Crippen molar-refractivity contribution >= 4 is 11.6 Å². The van der Waals surface area contributed by atoms with Crippen LogP contribution in [0.15, 0.2) is 39.5 Å². The van der Waals surface area contributed by atoms with Crippen LogP contribution in [0, 0.1) is 0 Å². The topological polar surface area (TPSA) is 56.9 Å². The lowest BCUT2D eigenvalue weighted by atomic mass is 10.1. The van der Waals surface area contributed by atoms with Crippen molar-refractivity contribution in [1.82, 2.24) is 9.80 Å². The van der Waals surface area contributed by atoms with Crippen molar-refractivity contribution in [1.29, 1.82) is 0 Å². The number of piperazine rings is 1. The van der Waals surface area contributed by atoms with Gasteiger partial charge in [0, 0.05) is 38.8 Å². The lowest BCUT2D eigenvalue weighted by molar-refractivity contribution is -0.137. The molecule has 2 aromatic rings. The van der Waals surface area contributed by atoms with Crippen LogP contribution in [-0.4, -0.2) is 41.1 Å². The van der Waals surface area contributed by atoms with E-state index in [0.29, 0.717) is 45.0 Å². The monoisotopic (exact) mass is 416 g/mol. The predicted octanol–water partition coefficient (Wildman–Crippen LogP) is 3.42. The van der Waals surface area contributed by atoms with Gasteiger partial charge in [-0.25, -0.2) is 0 Å². The molecule has 0 saturated carbocycles. The smallest absolute Gasteiger partial charge is 0.416 e. The molecule has 1 aliphatic rings. The number of rotatable bonds is 5. The molecule has 1 saturated heterocycles. The number of halogens is 4. The first-order valence-electron chi connectivity index (χ1n) is 8.78. The Balaban J connectivity index is 1.55. The summed E-state index contributed by atoms with van der Waals surface area (Å²) < 4.78 is 43.4. The van der Waals surface area contributed by atoms with E-state index in [-0.39, 0.29) is 11.6 Å². The summed E-state index contributed by atoms with van der Waals surface area (Å²) in [6, 6.07) is 6.37. The van der Waals surface area contributed by atoms with E-state index in [0.717, 1.165) is 17.7 Å². The Hall–Kier alpha value is -2.03. The third-order valence-corrected chi connectivity index (χ3v) is 4.96. The number of hydrogen-bond donors (Lipinski definition) is 1. The summed E-state index contributed by atoms with van der Waals surface area (Å²) in [7, 11) is 0. The molecule has 1 aliphatic heterocycles. The van der Waals surface area contributed by atoms with Gasteiger partial charge in [-0.1, -0.05) is 12.1 Å². The van der Waals surface area contributed by atoms with Crippen LogP contribution < -0.4 is 5.43 Å². The normalized spacial score (nSPS) is 16.4. The summed E-state index contributed by atoms with van der Waals surface area (Å²) in [5, 5.41) is 9.91. The SMILES string of the molecule is O=c1cc(CCl)oc(CN2CCN(Cc3ccc(C(F)(F)F)cc3)CC2)c1O. The fourth-order valence-corrected chi connectivity index (χ4v) is 3.26. The molecule has 0 aliphatic carbocycles. The van der Waals surface area contributed by atoms with Gasteiger partial charge in [-0.2, -0.15) is 13.2 Å².